The molecule has 0 fully saturated rings. The number of hydrogen-bond donors (Lipinski definition) is 1. The predicted molar refractivity (Wildman–Crippen MR) is 46.5 cm³/mol. The van der Waals surface area contributed by atoms with Crippen molar-refractivity contribution < 1.29 is 0 Å². The van der Waals surface area contributed by atoms with E-state index in [1.165, 1.54) is 0 Å². The Morgan fingerprint density at radius 2 is 2.50 bits per heavy atom. The Bertz CT molecular complexity index is 281. The zero-order chi connectivity index (χ0) is 7.56. The fraction of sp³-hybridized carbons (Fsp3) is 0.333. The van der Waals surface area contributed by atoms with E-state index in [1.807, 2.05) is 6.92 Å². The summed E-state index contributed by atoms with van der Waals surface area (Å²) in [5, 5.41) is 0. The molecule has 0 atom stereocenters. The number of nitrogens with one attached hydrogen (secondary N) is 1. The molecule has 1 heterocycles. The van der Waals surface area contributed by atoms with E-state index in [0.29, 0.717) is 4.64 Å². The van der Waals surface area contributed by atoms with Crippen molar-refractivity contribution in [1.29, 1.82) is 0 Å². The lowest BCUT2D eigenvalue weighted by molar-refractivity contribution is 0.971. The van der Waals surface area contributed by atoms with Crippen LogP contribution in [0.2, 0.25) is 0 Å². The molecule has 0 spiro atoms. The fourth-order valence-corrected chi connectivity index (χ4v) is 1.53. The molecule has 4 heteroatoms. The second-order valence-electron chi connectivity index (χ2n) is 1.86. The van der Waals surface area contributed by atoms with Gasteiger partial charge < -0.3 is 4.98 Å². The van der Waals surface area contributed by atoms with Crippen molar-refractivity contribution in [2.24, 2.45) is 0 Å². The third-order valence-corrected chi connectivity index (χ3v) is 2.02. The molecule has 1 N–H and O–H groups in total. The van der Waals surface area contributed by atoms with E-state index in [-0.39, 0.29) is 0 Å². The van der Waals surface area contributed by atoms with Crippen LogP contribution in [0.3, 0.4) is 0 Å². The van der Waals surface area contributed by atoms with Crippen LogP contribution in [0.25, 0.3) is 0 Å². The minimum atomic E-state index is 0.657. The van der Waals surface area contributed by atoms with Crippen molar-refractivity contribution in [3.05, 3.63) is 21.1 Å². The largest absolute Gasteiger partial charge is 0.338 e. The van der Waals surface area contributed by atoms with Crippen LogP contribution in [0.5, 0.6) is 0 Å². The molecule has 0 saturated carbocycles. The van der Waals surface area contributed by atoms with Crippen molar-refractivity contribution in [3.63, 3.8) is 0 Å². The van der Waals surface area contributed by atoms with E-state index in [2.05, 4.69) is 25.9 Å². The maximum Gasteiger partial charge on any atom is 0.122 e. The van der Waals surface area contributed by atoms with Gasteiger partial charge >= 0.3 is 0 Å². The molecule has 2 nitrogen and oxygen atoms in total. The van der Waals surface area contributed by atoms with Gasteiger partial charge in [-0.05, 0) is 22.4 Å². The monoisotopic (exact) mass is 218 g/mol. The van der Waals surface area contributed by atoms with Gasteiger partial charge in [0.1, 0.15) is 9.24 Å². The maximum atomic E-state index is 4.86. The van der Waals surface area contributed by atoms with Crippen molar-refractivity contribution in [2.45, 2.75) is 13.3 Å². The van der Waals surface area contributed by atoms with Crippen molar-refractivity contribution >= 4 is 28.1 Å². The molecule has 0 aromatic carbocycles. The van der Waals surface area contributed by atoms with E-state index in [9.17, 15) is 0 Å². The van der Waals surface area contributed by atoms with E-state index < -0.39 is 0 Å². The molecular formula is C6H7BrN2S. The van der Waals surface area contributed by atoms with Gasteiger partial charge in [-0.2, -0.15) is 0 Å². The van der Waals surface area contributed by atoms with Gasteiger partial charge in [0.15, 0.2) is 0 Å². The van der Waals surface area contributed by atoms with E-state index >= 15 is 0 Å². The summed E-state index contributed by atoms with van der Waals surface area (Å²) >= 11 is 8.18. The first kappa shape index (κ1) is 7.88. The summed E-state index contributed by atoms with van der Waals surface area (Å²) in [6, 6.07) is 0. The summed E-state index contributed by atoms with van der Waals surface area (Å²) in [6.45, 7) is 2.05. The zero-order valence-electron chi connectivity index (χ0n) is 5.52. The number of hydrogen-bond acceptors (Lipinski definition) is 2. The minimum absolute atomic E-state index is 0.657. The normalized spacial score (nSPS) is 9.80. The first-order valence-corrected chi connectivity index (χ1v) is 4.18. The zero-order valence-corrected chi connectivity index (χ0v) is 7.92. The number of nitrogens with zero attached hydrogens (tertiary/aromatic N) is 1. The molecule has 1 aromatic rings. The van der Waals surface area contributed by atoms with E-state index in [0.717, 1.165) is 16.7 Å². The second-order valence-corrected chi connectivity index (χ2v) is 3.09. The van der Waals surface area contributed by atoms with Gasteiger partial charge in [0.2, 0.25) is 0 Å². The minimum Gasteiger partial charge on any atom is -0.338 e. The predicted octanol–water partition coefficient (Wildman–Crippen LogP) is 2.46. The number of H-pyrrole nitrogens is 1. The average molecular weight is 219 g/mol. The molecule has 0 saturated heterocycles. The van der Waals surface area contributed by atoms with E-state index in [4.69, 9.17) is 12.2 Å². The van der Waals surface area contributed by atoms with Gasteiger partial charge in [0, 0.05) is 0 Å². The molecule has 10 heavy (non-hydrogen) atoms. The standard InChI is InChI=1S/C6H7BrN2S/c1-2-4-6(7)9-5(10)3-8-4/h3H,2H2,1H3,(H,9,10). The summed E-state index contributed by atoms with van der Waals surface area (Å²) in [5.74, 6) is 0. The second kappa shape index (κ2) is 3.25. The van der Waals surface area contributed by atoms with Crippen LogP contribution < -0.4 is 0 Å². The SMILES string of the molecule is CCc1ncc(=S)[nH]c1Br. The van der Waals surface area contributed by atoms with Crippen LogP contribution >= 0.6 is 28.1 Å². The molecule has 0 bridgehead atoms. The number of aromatic amines is 1. The molecule has 0 amide bonds. The van der Waals surface area contributed by atoms with Crippen LogP contribution in [-0.2, 0) is 6.42 Å². The van der Waals surface area contributed by atoms with Crippen molar-refractivity contribution in [2.75, 3.05) is 0 Å². The van der Waals surface area contributed by atoms with Crippen LogP contribution in [-0.4, -0.2) is 9.97 Å². The molecule has 1 rings (SSSR count). The smallest absolute Gasteiger partial charge is 0.122 e. The molecule has 0 aliphatic carbocycles. The maximum absolute atomic E-state index is 4.86. The van der Waals surface area contributed by atoms with Gasteiger partial charge in [0.05, 0.1) is 11.9 Å². The molecule has 0 aliphatic rings. The Balaban J connectivity index is 3.19. The molecule has 1 aromatic heterocycles. The van der Waals surface area contributed by atoms with Gasteiger partial charge in [-0.15, -0.1) is 0 Å². The van der Waals surface area contributed by atoms with E-state index in [1.54, 1.807) is 6.20 Å². The molecule has 0 unspecified atom stereocenters. The van der Waals surface area contributed by atoms with Crippen LogP contribution in [0, 0.1) is 4.64 Å². The van der Waals surface area contributed by atoms with Gasteiger partial charge in [-0.1, -0.05) is 19.1 Å². The highest BCUT2D eigenvalue weighted by atomic mass is 79.9. The Kier molecular flexibility index (Phi) is 2.56. The number of rotatable bonds is 1. The highest BCUT2D eigenvalue weighted by Gasteiger charge is 1.95. The number of aryl methyl sites for hydroxylation is 1. The Labute approximate surface area is 72.8 Å². The lowest BCUT2D eigenvalue weighted by atomic mass is 10.4. The highest BCUT2D eigenvalue weighted by molar-refractivity contribution is 9.10. The van der Waals surface area contributed by atoms with Crippen LogP contribution in [0.15, 0.2) is 10.8 Å². The van der Waals surface area contributed by atoms with Crippen molar-refractivity contribution in [1.82, 2.24) is 9.97 Å². The molecule has 54 valence electrons. The summed E-state index contributed by atoms with van der Waals surface area (Å²) in [6.07, 6.45) is 2.56. The topological polar surface area (TPSA) is 28.7 Å². The van der Waals surface area contributed by atoms with Gasteiger partial charge in [0.25, 0.3) is 0 Å². The first-order valence-electron chi connectivity index (χ1n) is 2.97. The molecular weight excluding hydrogens is 212 g/mol. The summed E-state index contributed by atoms with van der Waals surface area (Å²) in [7, 11) is 0. The van der Waals surface area contributed by atoms with Gasteiger partial charge in [-0.25, -0.2) is 0 Å². The van der Waals surface area contributed by atoms with Crippen LogP contribution in [0.4, 0.5) is 0 Å². The average Bonchev–Trinajstić information content (AvgIpc) is 1.88. The molecule has 0 radical (unpaired) electrons. The lowest BCUT2D eigenvalue weighted by Gasteiger charge is -1.96. The quantitative estimate of drug-likeness (QED) is 0.735. The number of halogens is 1. The molecule has 0 aliphatic heterocycles. The third-order valence-electron chi connectivity index (χ3n) is 1.16. The summed E-state index contributed by atoms with van der Waals surface area (Å²) in [5.41, 5.74) is 1.01. The van der Waals surface area contributed by atoms with Gasteiger partial charge in [-0.3, -0.25) is 4.98 Å². The summed E-state index contributed by atoms with van der Waals surface area (Å²) in [4.78, 5) is 7.07. The highest BCUT2D eigenvalue weighted by Crippen LogP contribution is 2.09. The Morgan fingerprint density at radius 1 is 1.80 bits per heavy atom. The van der Waals surface area contributed by atoms with Crippen LogP contribution in [0.1, 0.15) is 12.6 Å². The Hall–Kier alpha value is -0.220. The lowest BCUT2D eigenvalue weighted by Crippen LogP contribution is -1.90. The third kappa shape index (κ3) is 1.64. The first-order chi connectivity index (χ1) is 4.74. The Morgan fingerprint density at radius 3 is 3.00 bits per heavy atom. The fourth-order valence-electron chi connectivity index (χ4n) is 0.652. The van der Waals surface area contributed by atoms with Crippen molar-refractivity contribution in [3.8, 4) is 0 Å². The number of aromatic nitrogens is 2. The summed E-state index contributed by atoms with van der Waals surface area (Å²) < 4.78 is 1.55.